The fourth-order valence-corrected chi connectivity index (χ4v) is 1.95. The van der Waals surface area contributed by atoms with E-state index in [0.29, 0.717) is 17.8 Å². The molecule has 0 spiro atoms. The molecule has 0 aromatic carbocycles. The van der Waals surface area contributed by atoms with Crippen LogP contribution in [0.15, 0.2) is 6.07 Å². The van der Waals surface area contributed by atoms with Gasteiger partial charge in [0, 0.05) is 24.8 Å². The van der Waals surface area contributed by atoms with Crippen molar-refractivity contribution in [1.82, 2.24) is 9.97 Å². The first-order valence-electron chi connectivity index (χ1n) is 7.49. The van der Waals surface area contributed by atoms with Gasteiger partial charge in [-0.1, -0.05) is 27.7 Å². The third-order valence-electron chi connectivity index (χ3n) is 3.25. The zero-order valence-corrected chi connectivity index (χ0v) is 13.5. The second kappa shape index (κ2) is 8.04. The predicted octanol–water partition coefficient (Wildman–Crippen LogP) is 2.97. The lowest BCUT2D eigenvalue weighted by Gasteiger charge is -2.26. The van der Waals surface area contributed by atoms with Crippen LogP contribution < -0.4 is 16.2 Å². The van der Waals surface area contributed by atoms with Gasteiger partial charge in [0.2, 0.25) is 5.95 Å². The molecule has 3 N–H and O–H groups in total. The molecule has 0 unspecified atom stereocenters. The van der Waals surface area contributed by atoms with Crippen LogP contribution in [0, 0.1) is 18.8 Å². The maximum absolute atomic E-state index is 5.44. The van der Waals surface area contributed by atoms with Crippen molar-refractivity contribution in [1.29, 1.82) is 0 Å². The summed E-state index contributed by atoms with van der Waals surface area (Å²) in [4.78, 5) is 11.1. The van der Waals surface area contributed by atoms with Gasteiger partial charge in [-0.25, -0.2) is 10.8 Å². The normalized spacial score (nSPS) is 11.2. The summed E-state index contributed by atoms with van der Waals surface area (Å²) < 4.78 is 0. The van der Waals surface area contributed by atoms with E-state index >= 15 is 0 Å². The molecule has 0 saturated carbocycles. The van der Waals surface area contributed by atoms with E-state index in [0.717, 1.165) is 37.4 Å². The zero-order chi connectivity index (χ0) is 15.1. The fourth-order valence-electron chi connectivity index (χ4n) is 1.95. The van der Waals surface area contributed by atoms with E-state index in [1.807, 2.05) is 13.0 Å². The molecule has 0 saturated heterocycles. The number of aromatic nitrogens is 2. The van der Waals surface area contributed by atoms with Crippen LogP contribution in [-0.2, 0) is 0 Å². The monoisotopic (exact) mass is 279 g/mol. The maximum atomic E-state index is 5.44. The Bertz CT molecular complexity index is 391. The van der Waals surface area contributed by atoms with Gasteiger partial charge in [-0.2, -0.15) is 4.98 Å². The summed E-state index contributed by atoms with van der Waals surface area (Å²) in [7, 11) is 0. The molecule has 0 fully saturated rings. The van der Waals surface area contributed by atoms with Crippen LogP contribution in [0.3, 0.4) is 0 Å². The largest absolute Gasteiger partial charge is 0.356 e. The van der Waals surface area contributed by atoms with Crippen LogP contribution in [0.5, 0.6) is 0 Å². The number of aryl methyl sites for hydroxylation is 1. The molecule has 1 aromatic rings. The molecule has 0 atom stereocenters. The highest BCUT2D eigenvalue weighted by Crippen LogP contribution is 2.17. The second-order valence-corrected chi connectivity index (χ2v) is 6.19. The summed E-state index contributed by atoms with van der Waals surface area (Å²) in [5, 5.41) is 0. The molecule has 1 heterocycles. The van der Waals surface area contributed by atoms with Gasteiger partial charge in [0.25, 0.3) is 0 Å². The highest BCUT2D eigenvalue weighted by Gasteiger charge is 2.12. The molecule has 5 nitrogen and oxygen atoms in total. The zero-order valence-electron chi connectivity index (χ0n) is 13.5. The van der Waals surface area contributed by atoms with E-state index in [-0.39, 0.29) is 0 Å². The SMILES string of the molecule is Cc1cc(N(CCC(C)C)CCC(C)C)nc(NN)n1. The van der Waals surface area contributed by atoms with Gasteiger partial charge in [-0.15, -0.1) is 0 Å². The van der Waals surface area contributed by atoms with E-state index in [4.69, 9.17) is 5.84 Å². The van der Waals surface area contributed by atoms with E-state index in [1.165, 1.54) is 0 Å². The molecule has 0 aliphatic rings. The Morgan fingerprint density at radius 2 is 1.65 bits per heavy atom. The first-order valence-corrected chi connectivity index (χ1v) is 7.49. The smallest absolute Gasteiger partial charge is 0.239 e. The first kappa shape index (κ1) is 16.7. The van der Waals surface area contributed by atoms with Gasteiger partial charge in [0.05, 0.1) is 0 Å². The van der Waals surface area contributed by atoms with Crippen molar-refractivity contribution in [2.24, 2.45) is 17.7 Å². The van der Waals surface area contributed by atoms with Crippen molar-refractivity contribution in [3.05, 3.63) is 11.8 Å². The minimum absolute atomic E-state index is 0.485. The molecule has 0 bridgehead atoms. The number of anilines is 2. The van der Waals surface area contributed by atoms with Gasteiger partial charge >= 0.3 is 0 Å². The summed E-state index contributed by atoms with van der Waals surface area (Å²) in [5.74, 6) is 8.26. The lowest BCUT2D eigenvalue weighted by molar-refractivity contribution is 0.533. The predicted molar refractivity (Wildman–Crippen MR) is 85.7 cm³/mol. The van der Waals surface area contributed by atoms with Crippen molar-refractivity contribution in [2.75, 3.05) is 23.4 Å². The summed E-state index contributed by atoms with van der Waals surface area (Å²) in [6.45, 7) is 13.0. The third kappa shape index (κ3) is 5.74. The Morgan fingerprint density at radius 3 is 2.10 bits per heavy atom. The van der Waals surface area contributed by atoms with Gasteiger partial charge in [-0.3, -0.25) is 5.43 Å². The lowest BCUT2D eigenvalue weighted by Crippen LogP contribution is -2.29. The average molecular weight is 279 g/mol. The van der Waals surface area contributed by atoms with Crippen molar-refractivity contribution in [2.45, 2.75) is 47.5 Å². The number of nitrogens with zero attached hydrogens (tertiary/aromatic N) is 3. The van der Waals surface area contributed by atoms with Gasteiger partial charge in [0.15, 0.2) is 0 Å². The van der Waals surface area contributed by atoms with Crippen LogP contribution in [-0.4, -0.2) is 23.1 Å². The van der Waals surface area contributed by atoms with Crippen molar-refractivity contribution >= 4 is 11.8 Å². The maximum Gasteiger partial charge on any atom is 0.239 e. The minimum atomic E-state index is 0.485. The summed E-state index contributed by atoms with van der Waals surface area (Å²) in [6.07, 6.45) is 2.32. The van der Waals surface area contributed by atoms with Crippen molar-refractivity contribution in [3.63, 3.8) is 0 Å². The fraction of sp³-hybridized carbons (Fsp3) is 0.733. The highest BCUT2D eigenvalue weighted by molar-refractivity contribution is 5.44. The van der Waals surface area contributed by atoms with Crippen LogP contribution >= 0.6 is 0 Å². The molecule has 0 aliphatic heterocycles. The number of nitrogen functional groups attached to an aromatic ring is 1. The topological polar surface area (TPSA) is 67.1 Å². The Morgan fingerprint density at radius 1 is 1.10 bits per heavy atom. The number of hydrogen-bond donors (Lipinski definition) is 2. The molecule has 5 heteroatoms. The van der Waals surface area contributed by atoms with Crippen LogP contribution in [0.1, 0.15) is 46.2 Å². The summed E-state index contributed by atoms with van der Waals surface area (Å²) >= 11 is 0. The van der Waals surface area contributed by atoms with Gasteiger partial charge in [0.1, 0.15) is 5.82 Å². The van der Waals surface area contributed by atoms with Crippen LogP contribution in [0.4, 0.5) is 11.8 Å². The van der Waals surface area contributed by atoms with Crippen LogP contribution in [0.2, 0.25) is 0 Å². The second-order valence-electron chi connectivity index (χ2n) is 6.19. The number of nitrogens with two attached hydrogens (primary N) is 1. The number of hydrogen-bond acceptors (Lipinski definition) is 5. The molecule has 114 valence electrons. The lowest BCUT2D eigenvalue weighted by atomic mass is 10.1. The summed E-state index contributed by atoms with van der Waals surface area (Å²) in [6, 6.07) is 2.03. The molecule has 20 heavy (non-hydrogen) atoms. The van der Waals surface area contributed by atoms with Gasteiger partial charge < -0.3 is 4.90 Å². The Balaban J connectivity index is 2.86. The van der Waals surface area contributed by atoms with E-state index in [9.17, 15) is 0 Å². The summed E-state index contributed by atoms with van der Waals surface area (Å²) in [5.41, 5.74) is 3.48. The van der Waals surface area contributed by atoms with Crippen molar-refractivity contribution in [3.8, 4) is 0 Å². The third-order valence-corrected chi connectivity index (χ3v) is 3.25. The average Bonchev–Trinajstić information content (AvgIpc) is 2.37. The molecular weight excluding hydrogens is 250 g/mol. The highest BCUT2D eigenvalue weighted by atomic mass is 15.3. The molecule has 1 rings (SSSR count). The minimum Gasteiger partial charge on any atom is -0.356 e. The van der Waals surface area contributed by atoms with E-state index in [2.05, 4.69) is 48.0 Å². The van der Waals surface area contributed by atoms with E-state index in [1.54, 1.807) is 0 Å². The van der Waals surface area contributed by atoms with Crippen molar-refractivity contribution < 1.29 is 0 Å². The molecule has 0 radical (unpaired) electrons. The molecule has 1 aromatic heterocycles. The quantitative estimate of drug-likeness (QED) is 0.565. The van der Waals surface area contributed by atoms with Crippen LogP contribution in [0.25, 0.3) is 0 Å². The Kier molecular flexibility index (Phi) is 6.71. The molecule has 0 aliphatic carbocycles. The Labute approximate surface area is 123 Å². The Hall–Kier alpha value is -1.36. The number of hydrazine groups is 1. The van der Waals surface area contributed by atoms with Gasteiger partial charge in [-0.05, 0) is 31.6 Å². The standard InChI is InChI=1S/C15H29N5/c1-11(2)6-8-20(9-7-12(3)4)14-10-13(5)17-15(18-14)19-16/h10-12H,6-9,16H2,1-5H3,(H,17,18,19). The van der Waals surface area contributed by atoms with E-state index < -0.39 is 0 Å². The molecular formula is C15H29N5. The number of nitrogens with one attached hydrogen (secondary N) is 1. The number of rotatable bonds is 8. The first-order chi connectivity index (χ1) is 9.42. The molecule has 0 amide bonds.